The molecule has 18 heavy (non-hydrogen) atoms. The molecule has 3 heteroatoms. The Morgan fingerprint density at radius 2 is 2.17 bits per heavy atom. The number of likely N-dealkylation sites (tertiary alicyclic amines) is 1. The molecule has 2 N–H and O–H groups in total. The van der Waals surface area contributed by atoms with Gasteiger partial charge in [0, 0.05) is 24.3 Å². The lowest BCUT2D eigenvalue weighted by Crippen LogP contribution is -2.45. The summed E-state index contributed by atoms with van der Waals surface area (Å²) in [5.74, 6) is 0. The van der Waals surface area contributed by atoms with Gasteiger partial charge in [-0.3, -0.25) is 4.90 Å². The third-order valence-electron chi connectivity index (χ3n) is 4.10. The zero-order valence-electron chi connectivity index (χ0n) is 11.8. The predicted molar refractivity (Wildman–Crippen MR) is 77.6 cm³/mol. The van der Waals surface area contributed by atoms with Crippen LogP contribution in [0.1, 0.15) is 31.4 Å². The second-order valence-electron chi connectivity index (χ2n) is 5.60. The van der Waals surface area contributed by atoms with Crippen molar-refractivity contribution in [2.75, 3.05) is 32.9 Å². The predicted octanol–water partition coefficient (Wildman–Crippen LogP) is 2.36. The highest BCUT2D eigenvalue weighted by Gasteiger charge is 2.25. The number of nitrogens with zero attached hydrogens (tertiary/aromatic N) is 2. The van der Waals surface area contributed by atoms with E-state index in [1.165, 1.54) is 24.9 Å². The summed E-state index contributed by atoms with van der Waals surface area (Å²) in [7, 11) is 4.36. The van der Waals surface area contributed by atoms with Crippen LogP contribution in [0.3, 0.4) is 0 Å². The van der Waals surface area contributed by atoms with E-state index in [-0.39, 0.29) is 0 Å². The normalized spacial score (nSPS) is 23.2. The van der Waals surface area contributed by atoms with Crippen LogP contribution in [0.4, 0.5) is 5.69 Å². The van der Waals surface area contributed by atoms with E-state index in [1.807, 2.05) is 6.07 Å². The van der Waals surface area contributed by atoms with Crippen LogP contribution in [0, 0.1) is 0 Å². The zero-order valence-corrected chi connectivity index (χ0v) is 11.8. The van der Waals surface area contributed by atoms with Gasteiger partial charge in [-0.2, -0.15) is 0 Å². The standard InChI is InChI=1S/C15H25N3/c1-12(13-6-4-7-14(16)10-13)18-9-5-8-15(11-18)17(2)3/h4,6-7,10,12,15H,5,8-9,11,16H2,1-3H3. The van der Waals surface area contributed by atoms with Gasteiger partial charge in [0.05, 0.1) is 0 Å². The average Bonchev–Trinajstić information content (AvgIpc) is 2.38. The lowest BCUT2D eigenvalue weighted by Gasteiger charge is -2.39. The minimum Gasteiger partial charge on any atom is -0.399 e. The SMILES string of the molecule is CC(c1cccc(N)c1)N1CCCC(N(C)C)C1. The Bertz CT molecular complexity index is 389. The second-order valence-corrected chi connectivity index (χ2v) is 5.60. The topological polar surface area (TPSA) is 32.5 Å². The first kappa shape index (κ1) is 13.4. The molecule has 1 saturated heterocycles. The van der Waals surface area contributed by atoms with Gasteiger partial charge < -0.3 is 10.6 Å². The monoisotopic (exact) mass is 247 g/mol. The molecular weight excluding hydrogens is 222 g/mol. The molecule has 2 rings (SSSR count). The first-order valence-corrected chi connectivity index (χ1v) is 6.84. The third kappa shape index (κ3) is 3.03. The van der Waals surface area contributed by atoms with Gasteiger partial charge in [-0.15, -0.1) is 0 Å². The second kappa shape index (κ2) is 5.72. The molecule has 2 atom stereocenters. The molecule has 100 valence electrons. The van der Waals surface area contributed by atoms with Crippen molar-refractivity contribution in [2.45, 2.75) is 31.8 Å². The van der Waals surface area contributed by atoms with E-state index < -0.39 is 0 Å². The Kier molecular flexibility index (Phi) is 4.25. The van der Waals surface area contributed by atoms with E-state index in [4.69, 9.17) is 5.73 Å². The van der Waals surface area contributed by atoms with Crippen LogP contribution < -0.4 is 5.73 Å². The Balaban J connectivity index is 2.06. The summed E-state index contributed by atoms with van der Waals surface area (Å²) in [5.41, 5.74) is 8.06. The van der Waals surface area contributed by atoms with Gasteiger partial charge >= 0.3 is 0 Å². The summed E-state index contributed by atoms with van der Waals surface area (Å²) in [6.07, 6.45) is 2.60. The minimum absolute atomic E-state index is 0.455. The molecule has 1 fully saturated rings. The van der Waals surface area contributed by atoms with Gasteiger partial charge in [-0.05, 0) is 58.1 Å². The van der Waals surface area contributed by atoms with E-state index in [2.05, 4.69) is 49.0 Å². The molecule has 0 bridgehead atoms. The largest absolute Gasteiger partial charge is 0.399 e. The number of likely N-dealkylation sites (N-methyl/N-ethyl adjacent to an activating group) is 1. The number of hydrogen-bond acceptors (Lipinski definition) is 3. The van der Waals surface area contributed by atoms with E-state index in [1.54, 1.807) is 0 Å². The maximum absolute atomic E-state index is 5.87. The number of benzene rings is 1. The molecule has 1 aromatic carbocycles. The van der Waals surface area contributed by atoms with Crippen LogP contribution in [0.15, 0.2) is 24.3 Å². The fourth-order valence-corrected chi connectivity index (χ4v) is 2.79. The zero-order chi connectivity index (χ0) is 13.1. The van der Waals surface area contributed by atoms with E-state index in [9.17, 15) is 0 Å². The molecule has 1 aliphatic heterocycles. The highest BCUT2D eigenvalue weighted by molar-refractivity contribution is 5.41. The van der Waals surface area contributed by atoms with Crippen molar-refractivity contribution in [2.24, 2.45) is 0 Å². The molecule has 0 aromatic heterocycles. The number of nitrogens with two attached hydrogens (primary N) is 1. The summed E-state index contributed by atoms with van der Waals surface area (Å²) in [6.45, 7) is 4.64. The third-order valence-corrected chi connectivity index (χ3v) is 4.10. The molecule has 1 heterocycles. The molecule has 0 radical (unpaired) electrons. The molecule has 0 spiro atoms. The summed E-state index contributed by atoms with van der Waals surface area (Å²) in [4.78, 5) is 4.92. The number of piperidine rings is 1. The molecular formula is C15H25N3. The lowest BCUT2D eigenvalue weighted by molar-refractivity contribution is 0.102. The van der Waals surface area contributed by atoms with Crippen molar-refractivity contribution in [1.82, 2.24) is 9.80 Å². The Hall–Kier alpha value is -1.06. The summed E-state index contributed by atoms with van der Waals surface area (Å²) < 4.78 is 0. The Morgan fingerprint density at radius 1 is 1.39 bits per heavy atom. The molecule has 3 nitrogen and oxygen atoms in total. The van der Waals surface area contributed by atoms with Gasteiger partial charge in [0.1, 0.15) is 0 Å². The smallest absolute Gasteiger partial charge is 0.0321 e. The Morgan fingerprint density at radius 3 is 2.83 bits per heavy atom. The molecule has 0 amide bonds. The number of hydrogen-bond donors (Lipinski definition) is 1. The van der Waals surface area contributed by atoms with Gasteiger partial charge in [-0.25, -0.2) is 0 Å². The van der Waals surface area contributed by atoms with E-state index in [0.717, 1.165) is 12.2 Å². The van der Waals surface area contributed by atoms with Crippen molar-refractivity contribution >= 4 is 5.69 Å². The fourth-order valence-electron chi connectivity index (χ4n) is 2.79. The van der Waals surface area contributed by atoms with Crippen LogP contribution in [-0.4, -0.2) is 43.0 Å². The summed E-state index contributed by atoms with van der Waals surface area (Å²) >= 11 is 0. The van der Waals surface area contributed by atoms with Gasteiger partial charge in [0.2, 0.25) is 0 Å². The quantitative estimate of drug-likeness (QED) is 0.832. The van der Waals surface area contributed by atoms with E-state index in [0.29, 0.717) is 12.1 Å². The van der Waals surface area contributed by atoms with Crippen molar-refractivity contribution in [3.63, 3.8) is 0 Å². The van der Waals surface area contributed by atoms with Crippen LogP contribution in [0.2, 0.25) is 0 Å². The van der Waals surface area contributed by atoms with E-state index >= 15 is 0 Å². The van der Waals surface area contributed by atoms with Crippen molar-refractivity contribution < 1.29 is 0 Å². The van der Waals surface area contributed by atoms with Gasteiger partial charge in [0.25, 0.3) is 0 Å². The first-order valence-electron chi connectivity index (χ1n) is 6.84. The maximum atomic E-state index is 5.87. The van der Waals surface area contributed by atoms with Gasteiger partial charge in [-0.1, -0.05) is 12.1 Å². The van der Waals surface area contributed by atoms with Crippen molar-refractivity contribution in [1.29, 1.82) is 0 Å². The average molecular weight is 247 g/mol. The number of rotatable bonds is 3. The number of nitrogen functional groups attached to an aromatic ring is 1. The molecule has 2 unspecified atom stereocenters. The minimum atomic E-state index is 0.455. The molecule has 1 aliphatic rings. The van der Waals surface area contributed by atoms with Crippen LogP contribution >= 0.6 is 0 Å². The Labute approximate surface area is 111 Å². The molecule has 0 aliphatic carbocycles. The fraction of sp³-hybridized carbons (Fsp3) is 0.600. The van der Waals surface area contributed by atoms with Crippen LogP contribution in [0.25, 0.3) is 0 Å². The first-order chi connectivity index (χ1) is 8.58. The number of anilines is 1. The van der Waals surface area contributed by atoms with Gasteiger partial charge in [0.15, 0.2) is 0 Å². The highest BCUT2D eigenvalue weighted by atomic mass is 15.2. The van der Waals surface area contributed by atoms with Crippen molar-refractivity contribution in [3.05, 3.63) is 29.8 Å². The molecule has 0 saturated carbocycles. The summed E-state index contributed by atoms with van der Waals surface area (Å²) in [5, 5.41) is 0. The highest BCUT2D eigenvalue weighted by Crippen LogP contribution is 2.26. The van der Waals surface area contributed by atoms with Crippen molar-refractivity contribution in [3.8, 4) is 0 Å². The van der Waals surface area contributed by atoms with Crippen LogP contribution in [-0.2, 0) is 0 Å². The van der Waals surface area contributed by atoms with Crippen LogP contribution in [0.5, 0.6) is 0 Å². The summed E-state index contributed by atoms with van der Waals surface area (Å²) in [6, 6.07) is 9.42. The molecule has 1 aromatic rings. The lowest BCUT2D eigenvalue weighted by atomic mass is 9.99. The maximum Gasteiger partial charge on any atom is 0.0321 e.